The molecule has 7 heteroatoms. The first-order valence-corrected chi connectivity index (χ1v) is 8.32. The first-order valence-electron chi connectivity index (χ1n) is 6.47. The van der Waals surface area contributed by atoms with E-state index >= 15 is 0 Å². The zero-order valence-electron chi connectivity index (χ0n) is 11.4. The zero-order valence-corrected chi connectivity index (χ0v) is 13.1. The number of hydrogen-bond donors (Lipinski definition) is 1. The van der Waals surface area contributed by atoms with E-state index in [0.717, 1.165) is 5.56 Å². The van der Waals surface area contributed by atoms with Crippen LogP contribution in [0.5, 0.6) is 0 Å². The molecule has 110 valence electrons. The van der Waals surface area contributed by atoms with Gasteiger partial charge in [-0.1, -0.05) is 29.9 Å². The lowest BCUT2D eigenvalue weighted by Gasteiger charge is -2.33. The van der Waals surface area contributed by atoms with Gasteiger partial charge in [-0.05, 0) is 19.1 Å². The molecule has 0 atom stereocenters. The number of hydrogen-bond acceptors (Lipinski definition) is 4. The van der Waals surface area contributed by atoms with E-state index in [4.69, 9.17) is 18.0 Å². The Bertz CT molecular complexity index is 576. The zero-order chi connectivity index (χ0) is 14.8. The van der Waals surface area contributed by atoms with Gasteiger partial charge in [0, 0.05) is 32.7 Å². The molecule has 0 spiro atoms. The smallest absolute Gasteiger partial charge is 0.243 e. The third kappa shape index (κ3) is 3.54. The number of nitrogens with two attached hydrogens (primary N) is 1. The third-order valence-electron chi connectivity index (χ3n) is 3.37. The molecule has 1 heterocycles. The van der Waals surface area contributed by atoms with Gasteiger partial charge >= 0.3 is 0 Å². The second-order valence-corrected chi connectivity index (χ2v) is 7.42. The van der Waals surface area contributed by atoms with E-state index in [-0.39, 0.29) is 0 Å². The van der Waals surface area contributed by atoms with E-state index in [1.54, 1.807) is 12.1 Å². The molecule has 0 radical (unpaired) electrons. The summed E-state index contributed by atoms with van der Waals surface area (Å²) < 4.78 is 26.5. The number of sulfonamides is 1. The lowest BCUT2D eigenvalue weighted by Crippen LogP contribution is -2.50. The topological polar surface area (TPSA) is 66.6 Å². The highest BCUT2D eigenvalue weighted by Crippen LogP contribution is 2.18. The molecule has 1 fully saturated rings. The molecule has 0 bridgehead atoms. The summed E-state index contributed by atoms with van der Waals surface area (Å²) in [6, 6.07) is 6.95. The van der Waals surface area contributed by atoms with Crippen LogP contribution >= 0.6 is 12.2 Å². The van der Waals surface area contributed by atoms with Gasteiger partial charge in [-0.3, -0.25) is 4.90 Å². The van der Waals surface area contributed by atoms with E-state index in [1.165, 1.54) is 4.31 Å². The quantitative estimate of drug-likeness (QED) is 0.824. The van der Waals surface area contributed by atoms with E-state index in [9.17, 15) is 8.42 Å². The number of rotatable bonds is 4. The maximum Gasteiger partial charge on any atom is 0.243 e. The van der Waals surface area contributed by atoms with Crippen molar-refractivity contribution in [2.24, 2.45) is 5.73 Å². The largest absolute Gasteiger partial charge is 0.392 e. The molecule has 1 aromatic rings. The van der Waals surface area contributed by atoms with Gasteiger partial charge in [0.1, 0.15) is 0 Å². The fourth-order valence-electron chi connectivity index (χ4n) is 2.21. The number of nitrogens with zero attached hydrogens (tertiary/aromatic N) is 2. The van der Waals surface area contributed by atoms with Crippen LogP contribution in [0, 0.1) is 6.92 Å². The third-order valence-corrected chi connectivity index (χ3v) is 5.41. The van der Waals surface area contributed by atoms with E-state index in [0.29, 0.717) is 42.6 Å². The summed E-state index contributed by atoms with van der Waals surface area (Å²) in [5.74, 6) is 0. The van der Waals surface area contributed by atoms with Crippen LogP contribution in [0.3, 0.4) is 0 Å². The number of piperazine rings is 1. The lowest BCUT2D eigenvalue weighted by molar-refractivity contribution is 0.209. The molecule has 1 saturated heterocycles. The van der Waals surface area contributed by atoms with Gasteiger partial charge in [0.15, 0.2) is 0 Å². The Morgan fingerprint density at radius 2 is 1.75 bits per heavy atom. The molecule has 5 nitrogen and oxygen atoms in total. The van der Waals surface area contributed by atoms with Crippen LogP contribution in [-0.4, -0.2) is 55.3 Å². The minimum atomic E-state index is -3.39. The molecular formula is C13H19N3O2S2. The van der Waals surface area contributed by atoms with Gasteiger partial charge in [-0.2, -0.15) is 4.31 Å². The fourth-order valence-corrected chi connectivity index (χ4v) is 3.81. The number of thiocarbonyl (C=S) groups is 1. The predicted molar refractivity (Wildman–Crippen MR) is 83.2 cm³/mol. The molecule has 2 rings (SSSR count). The molecule has 0 saturated carbocycles. The summed E-state index contributed by atoms with van der Waals surface area (Å²) >= 11 is 4.87. The second kappa shape index (κ2) is 6.17. The predicted octanol–water partition coefficient (Wildman–Crippen LogP) is 0.587. The van der Waals surface area contributed by atoms with Gasteiger partial charge < -0.3 is 5.73 Å². The molecule has 1 aliphatic heterocycles. The maximum atomic E-state index is 12.5. The standard InChI is InChI=1S/C13H19N3O2S2/c1-11-2-4-12(5-3-11)20(17,18)16-8-6-15(7-9-16)10-13(14)19/h2-5H,6-10H2,1H3,(H2,14,19). The van der Waals surface area contributed by atoms with E-state index in [2.05, 4.69) is 4.90 Å². The molecule has 0 aliphatic carbocycles. The minimum Gasteiger partial charge on any atom is -0.392 e. The van der Waals surface area contributed by atoms with Crippen LogP contribution in [0.1, 0.15) is 5.56 Å². The molecule has 0 amide bonds. The van der Waals surface area contributed by atoms with Crippen LogP contribution < -0.4 is 5.73 Å². The van der Waals surface area contributed by atoms with Crippen molar-refractivity contribution < 1.29 is 8.42 Å². The van der Waals surface area contributed by atoms with Crippen molar-refractivity contribution in [2.75, 3.05) is 32.7 Å². The summed E-state index contributed by atoms with van der Waals surface area (Å²) in [6.45, 7) is 4.74. The van der Waals surface area contributed by atoms with Crippen LogP contribution in [0.4, 0.5) is 0 Å². The monoisotopic (exact) mass is 313 g/mol. The van der Waals surface area contributed by atoms with Crippen LogP contribution in [-0.2, 0) is 10.0 Å². The molecule has 1 aliphatic rings. The Kier molecular flexibility index (Phi) is 4.74. The molecule has 2 N–H and O–H groups in total. The summed E-state index contributed by atoms with van der Waals surface area (Å²) in [6.07, 6.45) is 0. The fraction of sp³-hybridized carbons (Fsp3) is 0.462. The van der Waals surface area contributed by atoms with Gasteiger partial charge in [0.25, 0.3) is 0 Å². The lowest BCUT2D eigenvalue weighted by atomic mass is 10.2. The number of benzene rings is 1. The minimum absolute atomic E-state index is 0.353. The van der Waals surface area contributed by atoms with Crippen molar-refractivity contribution in [3.8, 4) is 0 Å². The van der Waals surface area contributed by atoms with E-state index < -0.39 is 10.0 Å². The Balaban J connectivity index is 2.05. The Labute approximate surface area is 125 Å². The van der Waals surface area contributed by atoms with Crippen molar-refractivity contribution in [1.29, 1.82) is 0 Å². The molecule has 0 aromatic heterocycles. The molecule has 20 heavy (non-hydrogen) atoms. The van der Waals surface area contributed by atoms with Gasteiger partial charge in [-0.25, -0.2) is 8.42 Å². The summed E-state index contributed by atoms with van der Waals surface area (Å²) in [5.41, 5.74) is 6.55. The normalized spacial score (nSPS) is 18.1. The summed E-state index contributed by atoms with van der Waals surface area (Å²) in [7, 11) is -3.39. The molecule has 0 unspecified atom stereocenters. The van der Waals surface area contributed by atoms with Crippen molar-refractivity contribution >= 4 is 27.2 Å². The van der Waals surface area contributed by atoms with Crippen molar-refractivity contribution in [3.05, 3.63) is 29.8 Å². The average molecular weight is 313 g/mol. The summed E-state index contributed by atoms with van der Waals surface area (Å²) in [4.78, 5) is 2.87. The highest BCUT2D eigenvalue weighted by atomic mass is 32.2. The van der Waals surface area contributed by atoms with Crippen LogP contribution in [0.25, 0.3) is 0 Å². The maximum absolute atomic E-state index is 12.5. The second-order valence-electron chi connectivity index (χ2n) is 4.96. The van der Waals surface area contributed by atoms with Crippen LogP contribution in [0.2, 0.25) is 0 Å². The highest BCUT2D eigenvalue weighted by Gasteiger charge is 2.28. The van der Waals surface area contributed by atoms with Gasteiger partial charge in [0.05, 0.1) is 9.88 Å². The Morgan fingerprint density at radius 1 is 1.20 bits per heavy atom. The summed E-state index contributed by atoms with van der Waals surface area (Å²) in [5, 5.41) is 0. The van der Waals surface area contributed by atoms with Gasteiger partial charge in [0.2, 0.25) is 10.0 Å². The molecular weight excluding hydrogens is 294 g/mol. The first-order chi connectivity index (χ1) is 9.39. The van der Waals surface area contributed by atoms with E-state index in [1.807, 2.05) is 19.1 Å². The van der Waals surface area contributed by atoms with Crippen molar-refractivity contribution in [3.63, 3.8) is 0 Å². The number of aryl methyl sites for hydroxylation is 1. The average Bonchev–Trinajstić information content (AvgIpc) is 2.39. The van der Waals surface area contributed by atoms with Gasteiger partial charge in [-0.15, -0.1) is 0 Å². The van der Waals surface area contributed by atoms with Crippen molar-refractivity contribution in [2.45, 2.75) is 11.8 Å². The Morgan fingerprint density at radius 3 is 2.25 bits per heavy atom. The Hall–Kier alpha value is -1.02. The van der Waals surface area contributed by atoms with Crippen LogP contribution in [0.15, 0.2) is 29.2 Å². The SMILES string of the molecule is Cc1ccc(S(=O)(=O)N2CCN(CC(N)=S)CC2)cc1. The first kappa shape index (κ1) is 15.4. The highest BCUT2D eigenvalue weighted by molar-refractivity contribution is 7.89. The van der Waals surface area contributed by atoms with Crippen molar-refractivity contribution in [1.82, 2.24) is 9.21 Å². The molecule has 1 aromatic carbocycles.